The van der Waals surface area contributed by atoms with Gasteiger partial charge in [0.05, 0.1) is 5.57 Å². The van der Waals surface area contributed by atoms with Crippen molar-refractivity contribution < 1.29 is 28.7 Å². The second kappa shape index (κ2) is 12.3. The van der Waals surface area contributed by atoms with Crippen LogP contribution in [0, 0.1) is 11.3 Å². The minimum absolute atomic E-state index is 0.00433. The van der Waals surface area contributed by atoms with Crippen molar-refractivity contribution in [3.8, 4) is 5.75 Å². The smallest absolute Gasteiger partial charge is 0.328 e. The summed E-state index contributed by atoms with van der Waals surface area (Å²) in [6.07, 6.45) is 9.94. The summed E-state index contributed by atoms with van der Waals surface area (Å²) in [5, 5.41) is 3.08. The van der Waals surface area contributed by atoms with E-state index in [1.165, 1.54) is 6.08 Å². The highest BCUT2D eigenvalue weighted by atomic mass is 16.5. The van der Waals surface area contributed by atoms with Gasteiger partial charge in [0, 0.05) is 17.9 Å². The zero-order valence-electron chi connectivity index (χ0n) is 21.4. The molecule has 1 aromatic rings. The molecule has 0 saturated heterocycles. The highest BCUT2D eigenvalue weighted by Crippen LogP contribution is 2.47. The van der Waals surface area contributed by atoms with E-state index < -0.39 is 22.6 Å². The van der Waals surface area contributed by atoms with Crippen molar-refractivity contribution in [1.82, 2.24) is 5.32 Å². The van der Waals surface area contributed by atoms with Crippen LogP contribution in [0.4, 0.5) is 0 Å². The van der Waals surface area contributed by atoms with Crippen LogP contribution < -0.4 is 10.1 Å². The average molecular weight is 504 g/mol. The lowest BCUT2D eigenvalue weighted by Gasteiger charge is -2.43. The third-order valence-corrected chi connectivity index (χ3v) is 7.15. The van der Waals surface area contributed by atoms with Crippen LogP contribution in [0.3, 0.4) is 0 Å². The van der Waals surface area contributed by atoms with E-state index in [1.54, 1.807) is 30.3 Å². The molecular formula is C28H33N5O4. The maximum absolute atomic E-state index is 13.6. The van der Waals surface area contributed by atoms with Gasteiger partial charge in [0.15, 0.2) is 0 Å². The third-order valence-electron chi connectivity index (χ3n) is 7.15. The number of para-hydroxylation sites is 1. The van der Waals surface area contributed by atoms with Gasteiger partial charge in [-0.25, -0.2) is 0 Å². The standard InChI is InChI=1S/C28H33N5O4/c1-3-9-22-25(23(34)17-32-29)28(24(35)18-33-30,37-21-12-6-5-7-13-21)16-15-27(22,14-4-2)19-31-26(36)20-10-8-11-20/h5-7,12-13,15-18,20H,3-4,8-11,14,19H2,1-2H3,(H,31,36)/t27?,28-/m0/s1. The number of amides is 1. The van der Waals surface area contributed by atoms with E-state index >= 15 is 0 Å². The zero-order chi connectivity index (χ0) is 26.9. The Bertz CT molecular complexity index is 1190. The average Bonchev–Trinajstić information content (AvgIpc) is 2.85. The fourth-order valence-corrected chi connectivity index (χ4v) is 5.16. The van der Waals surface area contributed by atoms with Crippen LogP contribution in [0.1, 0.15) is 58.8 Å². The van der Waals surface area contributed by atoms with Crippen molar-refractivity contribution >= 4 is 29.9 Å². The first-order valence-electron chi connectivity index (χ1n) is 12.8. The molecule has 9 nitrogen and oxygen atoms in total. The van der Waals surface area contributed by atoms with E-state index in [4.69, 9.17) is 4.74 Å². The number of ketones is 2. The molecule has 9 heteroatoms. The highest BCUT2D eigenvalue weighted by Gasteiger charge is 2.54. The van der Waals surface area contributed by atoms with Crippen molar-refractivity contribution in [1.29, 1.82) is 0 Å². The van der Waals surface area contributed by atoms with Crippen molar-refractivity contribution in [3.63, 3.8) is 0 Å². The SMILES string of the molecule is CCCC1=C(C(=O)C=[N+]=[N-])[C@@](Oc2ccccc2)(C(=O)C=[N+]=[N-])C=CC1(CCC)CNC(=O)C1CCC1. The van der Waals surface area contributed by atoms with Crippen LogP contribution in [0.2, 0.25) is 0 Å². The van der Waals surface area contributed by atoms with Crippen molar-refractivity contribution in [3.05, 3.63) is 64.7 Å². The first-order chi connectivity index (χ1) is 17.9. The van der Waals surface area contributed by atoms with Gasteiger partial charge in [-0.1, -0.05) is 57.4 Å². The summed E-state index contributed by atoms with van der Waals surface area (Å²) >= 11 is 0. The van der Waals surface area contributed by atoms with Gasteiger partial charge in [0.25, 0.3) is 11.6 Å². The van der Waals surface area contributed by atoms with Crippen LogP contribution in [0.5, 0.6) is 5.75 Å². The Morgan fingerprint density at radius 2 is 1.76 bits per heavy atom. The lowest BCUT2D eigenvalue weighted by Crippen LogP contribution is -2.53. The van der Waals surface area contributed by atoms with Gasteiger partial charge in [0.1, 0.15) is 5.75 Å². The molecule has 2 atom stereocenters. The molecule has 0 spiro atoms. The Balaban J connectivity index is 2.25. The molecule has 1 fully saturated rings. The van der Waals surface area contributed by atoms with E-state index in [0.717, 1.165) is 31.9 Å². The molecule has 1 saturated carbocycles. The molecule has 0 aliphatic heterocycles. The maximum Gasteiger partial charge on any atom is 0.328 e. The molecule has 37 heavy (non-hydrogen) atoms. The summed E-state index contributed by atoms with van der Waals surface area (Å²) in [5.41, 5.74) is 16.3. The molecule has 1 unspecified atom stereocenters. The van der Waals surface area contributed by atoms with E-state index in [1.807, 2.05) is 19.9 Å². The molecule has 0 aromatic heterocycles. The van der Waals surface area contributed by atoms with Crippen LogP contribution >= 0.6 is 0 Å². The summed E-state index contributed by atoms with van der Waals surface area (Å²) in [6, 6.07) is 8.53. The normalized spacial score (nSPS) is 22.8. The molecule has 2 aliphatic carbocycles. The van der Waals surface area contributed by atoms with Gasteiger partial charge < -0.3 is 21.1 Å². The fourth-order valence-electron chi connectivity index (χ4n) is 5.16. The minimum Gasteiger partial charge on any atom is -0.470 e. The quantitative estimate of drug-likeness (QED) is 0.188. The van der Waals surface area contributed by atoms with Crippen LogP contribution in [-0.4, -0.2) is 51.6 Å². The highest BCUT2D eigenvalue weighted by molar-refractivity contribution is 6.40. The zero-order valence-corrected chi connectivity index (χ0v) is 21.4. The molecule has 1 N–H and O–H groups in total. The number of carbonyl (C=O) groups excluding carboxylic acids is 3. The molecule has 1 amide bonds. The van der Waals surface area contributed by atoms with Crippen molar-refractivity contribution in [2.45, 2.75) is 64.4 Å². The summed E-state index contributed by atoms with van der Waals surface area (Å²) in [7, 11) is 0. The number of hydrogen-bond acceptors (Lipinski definition) is 4. The van der Waals surface area contributed by atoms with Crippen LogP contribution in [-0.2, 0) is 14.4 Å². The number of nitrogens with zero attached hydrogens (tertiary/aromatic N) is 4. The molecule has 194 valence electrons. The fraction of sp³-hybridized carbons (Fsp3) is 0.464. The van der Waals surface area contributed by atoms with Gasteiger partial charge in [0.2, 0.25) is 11.5 Å². The van der Waals surface area contributed by atoms with Crippen molar-refractivity contribution in [2.24, 2.45) is 11.3 Å². The summed E-state index contributed by atoms with van der Waals surface area (Å²) in [5.74, 6) is -1.19. The number of nitrogens with one attached hydrogen (secondary N) is 1. The molecule has 1 aromatic carbocycles. The second-order valence-corrected chi connectivity index (χ2v) is 9.56. The predicted molar refractivity (Wildman–Crippen MR) is 138 cm³/mol. The number of hydrogen-bond donors (Lipinski definition) is 1. The number of carbonyl (C=O) groups is 3. The number of ether oxygens (including phenoxy) is 1. The van der Waals surface area contributed by atoms with Crippen LogP contribution in [0.25, 0.3) is 11.1 Å². The van der Waals surface area contributed by atoms with Gasteiger partial charge in [-0.15, -0.1) is 0 Å². The monoisotopic (exact) mass is 503 g/mol. The second-order valence-electron chi connectivity index (χ2n) is 9.56. The molecule has 0 heterocycles. The van der Waals surface area contributed by atoms with Gasteiger partial charge >= 0.3 is 12.4 Å². The van der Waals surface area contributed by atoms with Gasteiger partial charge in [-0.3, -0.25) is 14.4 Å². The van der Waals surface area contributed by atoms with E-state index in [9.17, 15) is 25.4 Å². The topological polar surface area (TPSA) is 145 Å². The van der Waals surface area contributed by atoms with E-state index in [-0.39, 0.29) is 23.9 Å². The Morgan fingerprint density at radius 1 is 1.05 bits per heavy atom. The maximum atomic E-state index is 13.6. The summed E-state index contributed by atoms with van der Waals surface area (Å²) < 4.78 is 6.23. The van der Waals surface area contributed by atoms with Gasteiger partial charge in [-0.05, 0) is 49.5 Å². The van der Waals surface area contributed by atoms with Crippen molar-refractivity contribution in [2.75, 3.05) is 6.54 Å². The Kier molecular flexibility index (Phi) is 9.23. The molecule has 2 aliphatic rings. The minimum atomic E-state index is -1.97. The van der Waals surface area contributed by atoms with Crippen LogP contribution in [0.15, 0.2) is 53.6 Å². The largest absolute Gasteiger partial charge is 0.470 e. The lowest BCUT2D eigenvalue weighted by molar-refractivity contribution is -0.128. The van der Waals surface area contributed by atoms with Gasteiger partial charge in [-0.2, -0.15) is 9.58 Å². The van der Waals surface area contributed by atoms with E-state index in [2.05, 4.69) is 14.9 Å². The summed E-state index contributed by atoms with van der Waals surface area (Å²) in [4.78, 5) is 45.7. The Labute approximate surface area is 216 Å². The number of Topliss-reactive ketones (excluding diaryl/α,β-unsaturated/α-hetero) is 2. The first kappa shape index (κ1) is 27.7. The predicted octanol–water partition coefficient (Wildman–Crippen LogP) is 3.91. The Morgan fingerprint density at radius 3 is 2.32 bits per heavy atom. The van der Waals surface area contributed by atoms with E-state index in [0.29, 0.717) is 36.8 Å². The molecule has 3 rings (SSSR count). The molecular weight excluding hydrogens is 470 g/mol. The first-order valence-corrected chi connectivity index (χ1v) is 12.8. The number of rotatable bonds is 13. The lowest BCUT2D eigenvalue weighted by atomic mass is 9.64. The Hall–Kier alpha value is -3.93. The number of benzene rings is 1. The third kappa shape index (κ3) is 5.74. The molecule has 0 bridgehead atoms. The molecule has 0 radical (unpaired) electrons. The summed E-state index contributed by atoms with van der Waals surface area (Å²) in [6.45, 7) is 4.21.